The van der Waals surface area contributed by atoms with Crippen molar-refractivity contribution >= 4 is 34.9 Å². The lowest BCUT2D eigenvalue weighted by Crippen LogP contribution is -2.35. The first-order chi connectivity index (χ1) is 14.6. The number of nitrogens with one attached hydrogen (secondary N) is 3. The Labute approximate surface area is 175 Å². The Kier molecular flexibility index (Phi) is 5.97. The van der Waals surface area contributed by atoms with Crippen LogP contribution in [0.3, 0.4) is 0 Å². The molecule has 2 aromatic rings. The molecular weight excluding hydrogens is 380 g/mol. The largest absolute Gasteiger partial charge is 0.339 e. The lowest BCUT2D eigenvalue weighted by molar-refractivity contribution is -0.129. The van der Waals surface area contributed by atoms with Crippen LogP contribution in [-0.2, 0) is 9.59 Å². The van der Waals surface area contributed by atoms with E-state index in [1.807, 2.05) is 23.1 Å². The van der Waals surface area contributed by atoms with E-state index < -0.39 is 0 Å². The number of amides is 4. The van der Waals surface area contributed by atoms with Crippen LogP contribution in [0, 0.1) is 5.92 Å². The third-order valence-electron chi connectivity index (χ3n) is 5.74. The molecule has 0 aromatic heterocycles. The molecular formula is C23H26N4O3. The molecule has 1 atom stereocenters. The van der Waals surface area contributed by atoms with Crippen LogP contribution in [0.4, 0.5) is 21.9 Å². The molecule has 1 aliphatic heterocycles. The molecule has 1 aliphatic carbocycles. The van der Waals surface area contributed by atoms with Gasteiger partial charge in [0.1, 0.15) is 0 Å². The molecule has 0 radical (unpaired) electrons. The zero-order valence-electron chi connectivity index (χ0n) is 16.8. The molecule has 30 heavy (non-hydrogen) atoms. The Morgan fingerprint density at radius 1 is 0.800 bits per heavy atom. The number of hydrogen-bond donors (Lipinski definition) is 3. The summed E-state index contributed by atoms with van der Waals surface area (Å²) in [7, 11) is 0. The fourth-order valence-electron chi connectivity index (χ4n) is 4.17. The van der Waals surface area contributed by atoms with Gasteiger partial charge in [0.15, 0.2) is 0 Å². The first-order valence-electron chi connectivity index (χ1n) is 10.4. The molecule has 3 N–H and O–H groups in total. The van der Waals surface area contributed by atoms with Crippen LogP contribution in [0.1, 0.15) is 32.1 Å². The summed E-state index contributed by atoms with van der Waals surface area (Å²) >= 11 is 0. The monoisotopic (exact) mass is 406 g/mol. The number of para-hydroxylation sites is 1. The van der Waals surface area contributed by atoms with E-state index in [9.17, 15) is 14.4 Å². The number of benzene rings is 2. The highest BCUT2D eigenvalue weighted by molar-refractivity contribution is 6.00. The van der Waals surface area contributed by atoms with Crippen LogP contribution in [0.25, 0.3) is 0 Å². The minimum absolute atomic E-state index is 0.0889. The fraction of sp³-hybridized carbons (Fsp3) is 0.348. The molecule has 2 aliphatic rings. The SMILES string of the molecule is O=C(Nc1ccccc1)Nc1ccc(NC(=O)C2CC(=O)N(C3CCCC3)C2)cc1. The zero-order valence-corrected chi connectivity index (χ0v) is 16.8. The Balaban J connectivity index is 1.28. The Hall–Kier alpha value is -3.35. The van der Waals surface area contributed by atoms with Crippen molar-refractivity contribution in [3.63, 3.8) is 0 Å². The van der Waals surface area contributed by atoms with Gasteiger partial charge in [-0.3, -0.25) is 9.59 Å². The number of carbonyl (C=O) groups is 3. The summed E-state index contributed by atoms with van der Waals surface area (Å²) in [5.74, 6) is -0.357. The molecule has 0 bridgehead atoms. The van der Waals surface area contributed by atoms with Crippen molar-refractivity contribution in [1.82, 2.24) is 4.90 Å². The van der Waals surface area contributed by atoms with Gasteiger partial charge in [0, 0.05) is 36.1 Å². The fourth-order valence-corrected chi connectivity index (χ4v) is 4.17. The second-order valence-corrected chi connectivity index (χ2v) is 7.90. The number of rotatable bonds is 5. The maximum absolute atomic E-state index is 12.6. The molecule has 4 amide bonds. The van der Waals surface area contributed by atoms with Crippen molar-refractivity contribution in [1.29, 1.82) is 0 Å². The second-order valence-electron chi connectivity index (χ2n) is 7.90. The second kappa shape index (κ2) is 8.98. The van der Waals surface area contributed by atoms with Crippen molar-refractivity contribution in [2.45, 2.75) is 38.1 Å². The van der Waals surface area contributed by atoms with Gasteiger partial charge in [-0.2, -0.15) is 0 Å². The van der Waals surface area contributed by atoms with Gasteiger partial charge in [-0.15, -0.1) is 0 Å². The molecule has 2 fully saturated rings. The highest BCUT2D eigenvalue weighted by Crippen LogP contribution is 2.30. The van der Waals surface area contributed by atoms with Crippen LogP contribution in [0.15, 0.2) is 54.6 Å². The maximum Gasteiger partial charge on any atom is 0.323 e. The third kappa shape index (κ3) is 4.79. The Morgan fingerprint density at radius 2 is 1.37 bits per heavy atom. The molecule has 4 rings (SSSR count). The lowest BCUT2D eigenvalue weighted by atomic mass is 10.1. The smallest absolute Gasteiger partial charge is 0.323 e. The van der Waals surface area contributed by atoms with Gasteiger partial charge in [-0.1, -0.05) is 31.0 Å². The summed E-state index contributed by atoms with van der Waals surface area (Å²) < 4.78 is 0. The van der Waals surface area contributed by atoms with Crippen molar-refractivity contribution in [3.05, 3.63) is 54.6 Å². The van der Waals surface area contributed by atoms with Crippen molar-refractivity contribution in [2.75, 3.05) is 22.5 Å². The minimum Gasteiger partial charge on any atom is -0.339 e. The zero-order chi connectivity index (χ0) is 20.9. The number of nitrogens with zero attached hydrogens (tertiary/aromatic N) is 1. The maximum atomic E-state index is 12.6. The average Bonchev–Trinajstić information content (AvgIpc) is 3.40. The predicted octanol–water partition coefficient (Wildman–Crippen LogP) is 4.06. The first kappa shape index (κ1) is 19.9. The molecule has 156 valence electrons. The summed E-state index contributed by atoms with van der Waals surface area (Å²) in [6.07, 6.45) is 4.70. The summed E-state index contributed by atoms with van der Waals surface area (Å²) in [5, 5.41) is 8.39. The standard InChI is InChI=1S/C23H26N4O3/c28-21-14-16(15-27(21)20-8-4-5-9-20)22(29)24-18-10-12-19(13-11-18)26-23(30)25-17-6-2-1-3-7-17/h1-3,6-7,10-13,16,20H,4-5,8-9,14-15H2,(H,24,29)(H2,25,26,30). The van der Waals surface area contributed by atoms with E-state index in [0.717, 1.165) is 25.7 Å². The van der Waals surface area contributed by atoms with Crippen molar-refractivity contribution < 1.29 is 14.4 Å². The number of likely N-dealkylation sites (tertiary alicyclic amines) is 1. The average molecular weight is 406 g/mol. The van der Waals surface area contributed by atoms with Crippen LogP contribution >= 0.6 is 0 Å². The van der Waals surface area contributed by atoms with Crippen LogP contribution in [0.2, 0.25) is 0 Å². The molecule has 1 saturated carbocycles. The first-order valence-corrected chi connectivity index (χ1v) is 10.4. The van der Waals surface area contributed by atoms with E-state index in [4.69, 9.17) is 0 Å². The quantitative estimate of drug-likeness (QED) is 0.699. The lowest BCUT2D eigenvalue weighted by Gasteiger charge is -2.23. The molecule has 2 aromatic carbocycles. The molecule has 1 saturated heterocycles. The van der Waals surface area contributed by atoms with Gasteiger partial charge in [-0.25, -0.2) is 4.79 Å². The number of carbonyl (C=O) groups excluding carboxylic acids is 3. The van der Waals surface area contributed by atoms with Gasteiger partial charge in [0.05, 0.1) is 5.92 Å². The van der Waals surface area contributed by atoms with Gasteiger partial charge in [0.2, 0.25) is 11.8 Å². The van der Waals surface area contributed by atoms with E-state index in [0.29, 0.717) is 29.6 Å². The van der Waals surface area contributed by atoms with E-state index in [1.54, 1.807) is 36.4 Å². The molecule has 1 unspecified atom stereocenters. The Bertz CT molecular complexity index is 908. The van der Waals surface area contributed by atoms with Crippen LogP contribution in [0.5, 0.6) is 0 Å². The van der Waals surface area contributed by atoms with E-state index >= 15 is 0 Å². The summed E-state index contributed by atoms with van der Waals surface area (Å²) in [5.41, 5.74) is 1.96. The third-order valence-corrected chi connectivity index (χ3v) is 5.74. The van der Waals surface area contributed by atoms with Gasteiger partial charge in [-0.05, 0) is 49.2 Å². The van der Waals surface area contributed by atoms with Crippen molar-refractivity contribution in [2.24, 2.45) is 5.92 Å². The number of urea groups is 1. The highest BCUT2D eigenvalue weighted by atomic mass is 16.2. The summed E-state index contributed by atoms with van der Waals surface area (Å²) in [6, 6.07) is 16.1. The molecule has 7 heteroatoms. The van der Waals surface area contributed by atoms with E-state index in [-0.39, 0.29) is 30.2 Å². The summed E-state index contributed by atoms with van der Waals surface area (Å²) in [4.78, 5) is 38.9. The van der Waals surface area contributed by atoms with E-state index in [2.05, 4.69) is 16.0 Å². The van der Waals surface area contributed by atoms with Crippen molar-refractivity contribution in [3.8, 4) is 0 Å². The van der Waals surface area contributed by atoms with Crippen LogP contribution < -0.4 is 16.0 Å². The van der Waals surface area contributed by atoms with Gasteiger partial charge < -0.3 is 20.9 Å². The topological polar surface area (TPSA) is 90.5 Å². The molecule has 1 heterocycles. The Morgan fingerprint density at radius 3 is 2.00 bits per heavy atom. The van der Waals surface area contributed by atoms with Crippen LogP contribution in [-0.4, -0.2) is 35.3 Å². The minimum atomic E-state index is -0.338. The van der Waals surface area contributed by atoms with Gasteiger partial charge in [0.25, 0.3) is 0 Å². The highest BCUT2D eigenvalue weighted by Gasteiger charge is 2.38. The normalized spacial score (nSPS) is 19.0. The summed E-state index contributed by atoms with van der Waals surface area (Å²) in [6.45, 7) is 0.509. The number of hydrogen-bond acceptors (Lipinski definition) is 3. The molecule has 0 spiro atoms. The van der Waals surface area contributed by atoms with Gasteiger partial charge >= 0.3 is 6.03 Å². The molecule has 7 nitrogen and oxygen atoms in total. The van der Waals surface area contributed by atoms with E-state index in [1.165, 1.54) is 0 Å². The predicted molar refractivity (Wildman–Crippen MR) is 116 cm³/mol. The number of anilines is 3.